The highest BCUT2D eigenvalue weighted by Crippen LogP contribution is 2.12. The summed E-state index contributed by atoms with van der Waals surface area (Å²) < 4.78 is 25.0. The molecule has 4 nitrogen and oxygen atoms in total. The van der Waals surface area contributed by atoms with Crippen LogP contribution in [0.4, 0.5) is 0 Å². The minimum atomic E-state index is -2.99. The lowest BCUT2D eigenvalue weighted by molar-refractivity contribution is 0.593. The van der Waals surface area contributed by atoms with Crippen LogP contribution in [0.5, 0.6) is 0 Å². The molecule has 1 heterocycles. The fourth-order valence-corrected chi connectivity index (χ4v) is 2.03. The largest absolute Gasteiger partial charge is 0.325 e. The molecule has 0 spiro atoms. The summed E-state index contributed by atoms with van der Waals surface area (Å²) in [4.78, 5) is 3.99. The van der Waals surface area contributed by atoms with Crippen LogP contribution in [-0.2, 0) is 22.6 Å². The van der Waals surface area contributed by atoms with Crippen LogP contribution in [0.25, 0.3) is 0 Å². The van der Waals surface area contributed by atoms with Gasteiger partial charge >= 0.3 is 0 Å². The SMILES string of the molecule is CCS(=O)(=O)Cc1ncc(Br)n1C. The molecular formula is C7H11BrN2O2S. The van der Waals surface area contributed by atoms with Crippen molar-refractivity contribution in [2.75, 3.05) is 5.75 Å². The van der Waals surface area contributed by atoms with E-state index in [2.05, 4.69) is 20.9 Å². The Labute approximate surface area is 86.0 Å². The van der Waals surface area contributed by atoms with Gasteiger partial charge in [0.25, 0.3) is 0 Å². The van der Waals surface area contributed by atoms with E-state index in [4.69, 9.17) is 0 Å². The Morgan fingerprint density at radius 1 is 1.62 bits per heavy atom. The van der Waals surface area contributed by atoms with Gasteiger partial charge in [0.2, 0.25) is 0 Å². The molecule has 0 N–H and O–H groups in total. The van der Waals surface area contributed by atoms with Crippen LogP contribution in [0.15, 0.2) is 10.8 Å². The molecule has 13 heavy (non-hydrogen) atoms. The molecular weight excluding hydrogens is 256 g/mol. The average Bonchev–Trinajstić information content (AvgIpc) is 2.36. The zero-order valence-electron chi connectivity index (χ0n) is 7.49. The molecule has 0 fully saturated rings. The van der Waals surface area contributed by atoms with E-state index in [1.807, 2.05) is 0 Å². The van der Waals surface area contributed by atoms with Crippen molar-refractivity contribution in [3.63, 3.8) is 0 Å². The monoisotopic (exact) mass is 266 g/mol. The molecule has 0 saturated heterocycles. The Kier molecular flexibility index (Phi) is 3.13. The maximum atomic E-state index is 11.3. The highest BCUT2D eigenvalue weighted by atomic mass is 79.9. The van der Waals surface area contributed by atoms with Crippen LogP contribution in [-0.4, -0.2) is 23.7 Å². The summed E-state index contributed by atoms with van der Waals surface area (Å²) in [5.41, 5.74) is 0. The van der Waals surface area contributed by atoms with Gasteiger partial charge in [0.05, 0.1) is 6.20 Å². The van der Waals surface area contributed by atoms with E-state index in [0.29, 0.717) is 5.82 Å². The predicted molar refractivity (Wildman–Crippen MR) is 54.1 cm³/mol. The lowest BCUT2D eigenvalue weighted by Gasteiger charge is -2.01. The first-order valence-corrected chi connectivity index (χ1v) is 6.44. The highest BCUT2D eigenvalue weighted by molar-refractivity contribution is 9.10. The highest BCUT2D eigenvalue weighted by Gasteiger charge is 2.13. The van der Waals surface area contributed by atoms with Crippen LogP contribution >= 0.6 is 15.9 Å². The summed E-state index contributed by atoms with van der Waals surface area (Å²) in [6.45, 7) is 1.63. The Balaban J connectivity index is 2.93. The Hall–Kier alpha value is -0.360. The van der Waals surface area contributed by atoms with Gasteiger partial charge in [-0.25, -0.2) is 13.4 Å². The number of hydrogen-bond acceptors (Lipinski definition) is 3. The number of imidazole rings is 1. The van der Waals surface area contributed by atoms with Crippen LogP contribution in [0.3, 0.4) is 0 Å². The third-order valence-electron chi connectivity index (χ3n) is 1.82. The van der Waals surface area contributed by atoms with E-state index < -0.39 is 9.84 Å². The van der Waals surface area contributed by atoms with Gasteiger partial charge in [-0.3, -0.25) is 0 Å². The van der Waals surface area contributed by atoms with Crippen LogP contribution < -0.4 is 0 Å². The average molecular weight is 267 g/mol. The molecule has 0 aliphatic heterocycles. The third kappa shape index (κ3) is 2.54. The fourth-order valence-electron chi connectivity index (χ4n) is 0.857. The summed E-state index contributed by atoms with van der Waals surface area (Å²) in [6, 6.07) is 0. The normalized spacial score (nSPS) is 11.9. The summed E-state index contributed by atoms with van der Waals surface area (Å²) >= 11 is 3.25. The second-order valence-electron chi connectivity index (χ2n) is 2.73. The number of nitrogens with zero attached hydrogens (tertiary/aromatic N) is 2. The lowest BCUT2D eigenvalue weighted by Crippen LogP contribution is -2.10. The summed E-state index contributed by atoms with van der Waals surface area (Å²) in [7, 11) is -1.21. The minimum Gasteiger partial charge on any atom is -0.325 e. The predicted octanol–water partition coefficient (Wildman–Crippen LogP) is 1.12. The van der Waals surface area contributed by atoms with Crippen molar-refractivity contribution in [1.82, 2.24) is 9.55 Å². The minimum absolute atomic E-state index is 0.00556. The van der Waals surface area contributed by atoms with Gasteiger partial charge in [0, 0.05) is 12.8 Å². The first-order valence-electron chi connectivity index (χ1n) is 3.83. The van der Waals surface area contributed by atoms with E-state index in [-0.39, 0.29) is 11.5 Å². The second kappa shape index (κ2) is 3.79. The number of sulfone groups is 1. The third-order valence-corrected chi connectivity index (χ3v) is 4.13. The van der Waals surface area contributed by atoms with Crippen molar-refractivity contribution in [3.05, 3.63) is 16.6 Å². The zero-order valence-corrected chi connectivity index (χ0v) is 9.89. The first-order chi connectivity index (χ1) is 5.96. The van der Waals surface area contributed by atoms with Crippen LogP contribution in [0.1, 0.15) is 12.7 Å². The van der Waals surface area contributed by atoms with Crippen molar-refractivity contribution in [3.8, 4) is 0 Å². The quantitative estimate of drug-likeness (QED) is 0.824. The van der Waals surface area contributed by atoms with Gasteiger partial charge in [-0.15, -0.1) is 0 Å². The molecule has 0 unspecified atom stereocenters. The molecule has 0 radical (unpaired) electrons. The van der Waals surface area contributed by atoms with E-state index in [9.17, 15) is 8.42 Å². The number of aromatic nitrogens is 2. The van der Waals surface area contributed by atoms with Crippen molar-refractivity contribution >= 4 is 25.8 Å². The molecule has 1 aromatic rings. The van der Waals surface area contributed by atoms with E-state index in [1.54, 1.807) is 24.7 Å². The molecule has 1 aromatic heterocycles. The summed E-state index contributed by atoms with van der Waals surface area (Å²) in [5, 5.41) is 0. The van der Waals surface area contributed by atoms with Crippen LogP contribution in [0, 0.1) is 0 Å². The van der Waals surface area contributed by atoms with Crippen molar-refractivity contribution < 1.29 is 8.42 Å². The Morgan fingerprint density at radius 3 is 2.62 bits per heavy atom. The van der Waals surface area contributed by atoms with Crippen molar-refractivity contribution in [2.45, 2.75) is 12.7 Å². The number of halogens is 1. The number of rotatable bonds is 3. The first kappa shape index (κ1) is 10.7. The van der Waals surface area contributed by atoms with Crippen molar-refractivity contribution in [1.29, 1.82) is 0 Å². The van der Waals surface area contributed by atoms with E-state index in [1.165, 1.54) is 0 Å². The molecule has 6 heteroatoms. The van der Waals surface area contributed by atoms with Gasteiger partial charge in [-0.2, -0.15) is 0 Å². The van der Waals surface area contributed by atoms with E-state index >= 15 is 0 Å². The topological polar surface area (TPSA) is 52.0 Å². The number of hydrogen-bond donors (Lipinski definition) is 0. The van der Waals surface area contributed by atoms with Gasteiger partial charge in [0.15, 0.2) is 9.84 Å². The summed E-state index contributed by atoms with van der Waals surface area (Å²) in [6.07, 6.45) is 1.60. The zero-order chi connectivity index (χ0) is 10.1. The van der Waals surface area contributed by atoms with E-state index in [0.717, 1.165) is 4.60 Å². The molecule has 74 valence electrons. The maximum absolute atomic E-state index is 11.3. The standard InChI is InChI=1S/C7H11BrN2O2S/c1-3-13(11,12)5-7-9-4-6(8)10(7)2/h4H,3,5H2,1-2H3. The molecule has 0 saturated carbocycles. The fraction of sp³-hybridized carbons (Fsp3) is 0.571. The molecule has 0 aliphatic rings. The van der Waals surface area contributed by atoms with Crippen molar-refractivity contribution in [2.24, 2.45) is 7.05 Å². The Bertz CT molecular complexity index is 397. The molecule has 0 amide bonds. The molecule has 0 bridgehead atoms. The Morgan fingerprint density at radius 2 is 2.23 bits per heavy atom. The summed E-state index contributed by atoms with van der Waals surface area (Å²) in [5.74, 6) is 0.719. The maximum Gasteiger partial charge on any atom is 0.157 e. The smallest absolute Gasteiger partial charge is 0.157 e. The van der Waals surface area contributed by atoms with Crippen LogP contribution in [0.2, 0.25) is 0 Å². The molecule has 0 aliphatic carbocycles. The van der Waals surface area contributed by atoms with Gasteiger partial charge in [-0.05, 0) is 15.9 Å². The molecule has 0 atom stereocenters. The van der Waals surface area contributed by atoms with Gasteiger partial charge in [0.1, 0.15) is 16.2 Å². The van der Waals surface area contributed by atoms with Gasteiger partial charge < -0.3 is 4.57 Å². The molecule has 1 rings (SSSR count). The lowest BCUT2D eigenvalue weighted by atomic mass is 10.7. The molecule has 0 aromatic carbocycles. The second-order valence-corrected chi connectivity index (χ2v) is 5.90. The van der Waals surface area contributed by atoms with Gasteiger partial charge in [-0.1, -0.05) is 6.92 Å².